The number of carbonyl (C=O) groups excluding carboxylic acids is 11. The van der Waals surface area contributed by atoms with Crippen LogP contribution in [-0.4, -0.2) is 121 Å². The standard InChI is InChI=1S/2C6H11NO3.3C6H10O4.2C6H8O3.9H3N.4H2O/c5*1-3(5(7)8)4(2)6(9)10;2*1-3-4(2)6(8)9-5(3)7;;;;;;;;;;;;;/h2*3-4H,1-2H3,(H2,7,8)(H,9,10);3*3-4H,1-2H3,(H,7,8)(H,9,10);2*3-4H,1-2H3;9*1H3;4*1H2. The molecular formula is C42H103N11O28. The maximum absolute atomic E-state index is 10.6. The van der Waals surface area contributed by atoms with Gasteiger partial charge in [0.2, 0.25) is 11.8 Å². The maximum Gasteiger partial charge on any atom is 0.317 e. The number of quaternary nitrogens is 5. The molecule has 2 fully saturated rings. The lowest BCUT2D eigenvalue weighted by atomic mass is 9.96. The number of hydrogen-bond donors (Lipinski definition) is 14. The monoisotopic (exact) mass is 1210 g/mol. The number of rotatable bonds is 15. The van der Waals surface area contributed by atoms with E-state index < -0.39 is 143 Å². The van der Waals surface area contributed by atoms with Crippen LogP contribution in [-0.2, 0) is 76.6 Å². The smallest absolute Gasteiger partial charge is 0.317 e. The summed E-state index contributed by atoms with van der Waals surface area (Å²) in [5.41, 5.74) is 9.72. The first kappa shape index (κ1) is 125. The first-order chi connectivity index (χ1) is 30.6. The van der Waals surface area contributed by atoms with Gasteiger partial charge in [-0.05, 0) is 0 Å². The van der Waals surface area contributed by atoms with Gasteiger partial charge in [0.15, 0.2) is 0 Å². The predicted molar refractivity (Wildman–Crippen MR) is 281 cm³/mol. The average Bonchev–Trinajstić information content (AvgIpc) is 3.61. The van der Waals surface area contributed by atoms with Crippen LogP contribution in [0.25, 0.3) is 0 Å². The van der Waals surface area contributed by atoms with Crippen LogP contribution in [0.5, 0.6) is 0 Å². The molecule has 2 aliphatic rings. The minimum atomic E-state index is -1.36. The second-order valence-corrected chi connectivity index (χ2v) is 15.9. The highest BCUT2D eigenvalue weighted by Gasteiger charge is 2.38. The summed E-state index contributed by atoms with van der Waals surface area (Å²) in [6.07, 6.45) is 0. The first-order valence-corrected chi connectivity index (χ1v) is 20.4. The summed E-state index contributed by atoms with van der Waals surface area (Å²) in [6, 6.07) is 0. The van der Waals surface area contributed by atoms with Crippen molar-refractivity contribution in [2.45, 2.75) is 96.9 Å². The van der Waals surface area contributed by atoms with E-state index in [1.165, 1.54) is 69.2 Å². The van der Waals surface area contributed by atoms with Gasteiger partial charge in [0.25, 0.3) is 0 Å². The van der Waals surface area contributed by atoms with Crippen molar-refractivity contribution in [3.63, 3.8) is 0 Å². The van der Waals surface area contributed by atoms with Crippen LogP contribution in [0.1, 0.15) is 96.9 Å². The van der Waals surface area contributed by atoms with Crippen LogP contribution in [0.3, 0.4) is 0 Å². The third kappa shape index (κ3) is 50.4. The van der Waals surface area contributed by atoms with Crippen molar-refractivity contribution in [3.05, 3.63) is 0 Å². The topological polar surface area (TPSA) is 934 Å². The molecular weight excluding hydrogens is 1110 g/mol. The average molecular weight is 1210 g/mol. The summed E-state index contributed by atoms with van der Waals surface area (Å²) < 4.78 is 8.62. The number of nitrogens with two attached hydrogens (primary N) is 2. The van der Waals surface area contributed by atoms with Crippen LogP contribution in [0.15, 0.2) is 0 Å². The lowest BCUT2D eigenvalue weighted by molar-refractivity contribution is -0.325. The number of carbonyl (C=O) groups is 14. The number of ether oxygens (including phenoxy) is 2. The molecule has 2 aliphatic heterocycles. The Kier molecular flexibility index (Phi) is 93.1. The maximum atomic E-state index is 10.6. The van der Waals surface area contributed by atoms with E-state index in [1.54, 1.807) is 27.7 Å². The zero-order chi connectivity index (χ0) is 55.6. The van der Waals surface area contributed by atoms with Crippen molar-refractivity contribution in [3.8, 4) is 0 Å². The molecule has 0 saturated carbocycles. The van der Waals surface area contributed by atoms with Crippen molar-refractivity contribution in [1.82, 2.24) is 55.4 Å². The number of cyclic esters (lactones) is 4. The van der Waals surface area contributed by atoms with Gasteiger partial charge in [0.05, 0.1) is 41.4 Å². The molecule has 0 spiro atoms. The second kappa shape index (κ2) is 60.1. The normalized spacial score (nSPS) is 17.5. The van der Waals surface area contributed by atoms with Gasteiger partial charge < -0.3 is 163 Å². The summed E-state index contributed by atoms with van der Waals surface area (Å²) >= 11 is 0. The number of amides is 2. The van der Waals surface area contributed by atoms with Crippen molar-refractivity contribution in [1.29, 1.82) is 0 Å². The molecule has 0 aliphatic carbocycles. The van der Waals surface area contributed by atoms with E-state index in [4.69, 9.17) is 26.8 Å². The Bertz CT molecular complexity index is 1480. The summed E-state index contributed by atoms with van der Waals surface area (Å²) in [5.74, 6) is -22.0. The van der Waals surface area contributed by atoms with E-state index in [-0.39, 0.29) is 101 Å². The quantitative estimate of drug-likeness (QED) is 0.0536. The Balaban J connectivity index is -0.0000000348. The Morgan fingerprint density at radius 1 is 0.333 bits per heavy atom. The van der Waals surface area contributed by atoms with Gasteiger partial charge in [-0.15, -0.1) is 0 Å². The molecule has 2 amide bonds. The van der Waals surface area contributed by atoms with E-state index in [1.807, 2.05) is 0 Å². The number of primary amides is 2. The molecule has 81 heavy (non-hydrogen) atoms. The molecule has 494 valence electrons. The van der Waals surface area contributed by atoms with Gasteiger partial charge in [-0.1, -0.05) is 96.9 Å². The fraction of sp³-hybridized carbons (Fsp3) is 0.667. The fourth-order valence-corrected chi connectivity index (χ4v) is 3.54. The molecule has 39 heteroatoms. The molecule has 14 atom stereocenters. The molecule has 0 aromatic heterocycles. The van der Waals surface area contributed by atoms with Crippen LogP contribution < -0.4 is 92.4 Å². The fourth-order valence-electron chi connectivity index (χ4n) is 3.54. The molecule has 14 unspecified atom stereocenters. The molecule has 0 aromatic carbocycles. The van der Waals surface area contributed by atoms with E-state index in [9.17, 15) is 92.7 Å². The molecule has 2 heterocycles. The van der Waals surface area contributed by atoms with Crippen molar-refractivity contribution in [2.24, 2.45) is 94.3 Å². The molecule has 47 N–H and O–H groups in total. The van der Waals surface area contributed by atoms with Crippen molar-refractivity contribution < 1.29 is 139 Å². The van der Waals surface area contributed by atoms with Gasteiger partial charge in [-0.2, -0.15) is 0 Å². The molecule has 2 saturated heterocycles. The number of esters is 4. The van der Waals surface area contributed by atoms with E-state index in [2.05, 4.69) is 9.47 Å². The highest BCUT2D eigenvalue weighted by molar-refractivity contribution is 5.96. The molecule has 0 aromatic rings. The van der Waals surface area contributed by atoms with Crippen LogP contribution in [0.2, 0.25) is 0 Å². The first-order valence-electron chi connectivity index (χ1n) is 20.4. The van der Waals surface area contributed by atoms with Gasteiger partial charge in [0.1, 0.15) is 0 Å². The van der Waals surface area contributed by atoms with Crippen molar-refractivity contribution in [2.75, 3.05) is 0 Å². The Labute approximate surface area is 468 Å². The summed E-state index contributed by atoms with van der Waals surface area (Å²) in [4.78, 5) is 144. The number of hydrogen-bond acceptors (Lipinski definition) is 25. The van der Waals surface area contributed by atoms with Crippen LogP contribution in [0, 0.1) is 82.9 Å². The summed E-state index contributed by atoms with van der Waals surface area (Å²) in [6.45, 7) is 20.4. The molecule has 0 radical (unpaired) electrons. The van der Waals surface area contributed by atoms with Crippen LogP contribution in [0.4, 0.5) is 0 Å². The third-order valence-electron chi connectivity index (χ3n) is 11.1. The Morgan fingerprint density at radius 2 is 0.444 bits per heavy atom. The Morgan fingerprint density at radius 3 is 0.506 bits per heavy atom. The molecule has 39 nitrogen and oxygen atoms in total. The molecule has 2 rings (SSSR count). The third-order valence-corrected chi connectivity index (χ3v) is 11.1. The van der Waals surface area contributed by atoms with Gasteiger partial charge in [-0.25, -0.2) is 0 Å². The largest absolute Gasteiger partial charge is 0.550 e. The lowest BCUT2D eigenvalue weighted by Gasteiger charge is -2.20. The minimum Gasteiger partial charge on any atom is -0.550 e. The summed E-state index contributed by atoms with van der Waals surface area (Å²) in [7, 11) is 0. The lowest BCUT2D eigenvalue weighted by Crippen LogP contribution is -2.41. The minimum absolute atomic E-state index is 0. The summed E-state index contributed by atoms with van der Waals surface area (Å²) in [5, 5.41) is 75.4. The van der Waals surface area contributed by atoms with E-state index in [0.717, 1.165) is 0 Å². The van der Waals surface area contributed by atoms with Crippen LogP contribution >= 0.6 is 0 Å². The number of carboxylic acid groups (broad SMARTS) is 8. The van der Waals surface area contributed by atoms with Gasteiger partial charge >= 0.3 is 41.8 Å². The van der Waals surface area contributed by atoms with Gasteiger partial charge in [-0.3, -0.25) is 43.2 Å². The number of carboxylic acids is 8. The highest BCUT2D eigenvalue weighted by Crippen LogP contribution is 2.22. The highest BCUT2D eigenvalue weighted by atomic mass is 16.6. The SMILES string of the molecule is CC(C(=O)O)C(C)C(=O)O.CC(C(=O)[O-])C(C)C(=O)[O-].CC(C(=O)[O-])C(C)C(=O)[O-].CC(C(N)=O)C(C)C(=O)O.CC(C(N)=O)C(C)C(=O)[O-].CC1C(=O)OC(=O)C1C.CC1C(=O)OC(=O)C1C.N.N.N.N.O.O.O.O.[NH4+].[NH4+].[NH4+].[NH4+].[NH4+]. The molecule has 0 bridgehead atoms. The number of aliphatic carboxylic acids is 8. The predicted octanol–water partition coefficient (Wildman–Crippen LogP) is -5.82. The zero-order valence-corrected chi connectivity index (χ0v) is 50.0. The van der Waals surface area contributed by atoms with E-state index >= 15 is 0 Å². The zero-order valence-electron chi connectivity index (χ0n) is 50.0. The van der Waals surface area contributed by atoms with Gasteiger partial charge in [0, 0.05) is 71.3 Å². The van der Waals surface area contributed by atoms with Crippen molar-refractivity contribution >= 4 is 83.4 Å². The van der Waals surface area contributed by atoms with E-state index in [0.29, 0.717) is 0 Å². The second-order valence-electron chi connectivity index (χ2n) is 15.9. The Hall–Kier alpha value is -7.54.